The number of aliphatic hydroxyl groups is 1. The molecule has 90 valence electrons. The molecular formula is C15H18OS. The quantitative estimate of drug-likeness (QED) is 0.826. The highest BCUT2D eigenvalue weighted by Gasteiger charge is 2.14. The maximum absolute atomic E-state index is 8.61. The van der Waals surface area contributed by atoms with Crippen molar-refractivity contribution in [3.8, 4) is 11.8 Å². The molecule has 0 saturated heterocycles. The molecule has 1 aliphatic rings. The molecule has 1 N–H and O–H groups in total. The van der Waals surface area contributed by atoms with E-state index in [-0.39, 0.29) is 6.61 Å². The Bertz CT molecular complexity index is 393. The predicted octanol–water partition coefficient (Wildman–Crippen LogP) is 3.21. The summed E-state index contributed by atoms with van der Waals surface area (Å²) in [7, 11) is 0. The van der Waals surface area contributed by atoms with E-state index in [0.717, 1.165) is 16.6 Å². The van der Waals surface area contributed by atoms with Gasteiger partial charge >= 0.3 is 0 Å². The van der Waals surface area contributed by atoms with Crippen LogP contribution < -0.4 is 0 Å². The van der Waals surface area contributed by atoms with Crippen LogP contribution in [-0.2, 0) is 5.75 Å². The fraction of sp³-hybridized carbons (Fsp3) is 0.467. The molecule has 0 radical (unpaired) electrons. The molecule has 0 unspecified atom stereocenters. The van der Waals surface area contributed by atoms with Crippen LogP contribution in [0.15, 0.2) is 24.3 Å². The van der Waals surface area contributed by atoms with Gasteiger partial charge in [0.25, 0.3) is 0 Å². The lowest BCUT2D eigenvalue weighted by Crippen LogP contribution is -1.94. The van der Waals surface area contributed by atoms with Crippen molar-refractivity contribution in [2.24, 2.45) is 0 Å². The van der Waals surface area contributed by atoms with Gasteiger partial charge in [-0.3, -0.25) is 0 Å². The van der Waals surface area contributed by atoms with Gasteiger partial charge in [-0.2, -0.15) is 11.8 Å². The van der Waals surface area contributed by atoms with Gasteiger partial charge in [-0.25, -0.2) is 0 Å². The fourth-order valence-corrected chi connectivity index (χ4v) is 3.38. The highest BCUT2D eigenvalue weighted by atomic mass is 32.2. The van der Waals surface area contributed by atoms with Crippen molar-refractivity contribution in [2.45, 2.75) is 36.7 Å². The lowest BCUT2D eigenvalue weighted by atomic mass is 10.1. The van der Waals surface area contributed by atoms with Crippen molar-refractivity contribution in [2.75, 3.05) is 6.61 Å². The van der Waals surface area contributed by atoms with Crippen molar-refractivity contribution < 1.29 is 5.11 Å². The first kappa shape index (κ1) is 12.5. The van der Waals surface area contributed by atoms with Gasteiger partial charge in [0.2, 0.25) is 0 Å². The Kier molecular flexibility index (Phi) is 4.97. The highest BCUT2D eigenvalue weighted by Crippen LogP contribution is 2.31. The third-order valence-corrected chi connectivity index (χ3v) is 4.50. The largest absolute Gasteiger partial charge is 0.384 e. The summed E-state index contributed by atoms with van der Waals surface area (Å²) >= 11 is 2.08. The molecule has 0 bridgehead atoms. The van der Waals surface area contributed by atoms with Crippen LogP contribution in [0.2, 0.25) is 0 Å². The average molecular weight is 246 g/mol. The molecule has 0 atom stereocenters. The SMILES string of the molecule is OCC#Cc1ccc(CSC2CCCC2)cc1. The number of benzene rings is 1. The monoisotopic (exact) mass is 246 g/mol. The van der Waals surface area contributed by atoms with Crippen LogP contribution in [0.4, 0.5) is 0 Å². The van der Waals surface area contributed by atoms with E-state index in [1.54, 1.807) is 0 Å². The summed E-state index contributed by atoms with van der Waals surface area (Å²) in [5.41, 5.74) is 2.35. The molecule has 1 aromatic rings. The van der Waals surface area contributed by atoms with Crippen LogP contribution in [0.25, 0.3) is 0 Å². The molecule has 1 fully saturated rings. The first-order valence-corrected chi connectivity index (χ1v) is 7.23. The second-order valence-corrected chi connectivity index (χ2v) is 5.66. The Morgan fingerprint density at radius 1 is 1.18 bits per heavy atom. The zero-order valence-electron chi connectivity index (χ0n) is 9.98. The highest BCUT2D eigenvalue weighted by molar-refractivity contribution is 7.99. The molecule has 17 heavy (non-hydrogen) atoms. The van der Waals surface area contributed by atoms with Crippen LogP contribution in [0.3, 0.4) is 0 Å². The van der Waals surface area contributed by atoms with E-state index in [2.05, 4.69) is 35.7 Å². The molecule has 0 amide bonds. The summed E-state index contributed by atoms with van der Waals surface area (Å²) in [5, 5.41) is 9.49. The molecule has 2 rings (SSSR count). The van der Waals surface area contributed by atoms with Gasteiger partial charge in [-0.15, -0.1) is 0 Å². The van der Waals surface area contributed by atoms with E-state index < -0.39 is 0 Å². The van der Waals surface area contributed by atoms with Gasteiger partial charge in [-0.1, -0.05) is 36.8 Å². The van der Waals surface area contributed by atoms with E-state index in [9.17, 15) is 0 Å². The minimum atomic E-state index is -0.0702. The maximum Gasteiger partial charge on any atom is 0.104 e. The van der Waals surface area contributed by atoms with E-state index >= 15 is 0 Å². The summed E-state index contributed by atoms with van der Waals surface area (Å²) in [6.45, 7) is -0.0702. The zero-order valence-corrected chi connectivity index (χ0v) is 10.8. The van der Waals surface area contributed by atoms with E-state index in [0.29, 0.717) is 0 Å². The molecule has 2 heteroatoms. The van der Waals surface area contributed by atoms with Crippen LogP contribution in [0.5, 0.6) is 0 Å². The molecule has 0 spiro atoms. The summed E-state index contributed by atoms with van der Waals surface area (Å²) < 4.78 is 0. The second-order valence-electron chi connectivity index (χ2n) is 4.37. The van der Waals surface area contributed by atoms with Gasteiger partial charge < -0.3 is 5.11 Å². The minimum Gasteiger partial charge on any atom is -0.384 e. The molecular weight excluding hydrogens is 228 g/mol. The number of hydrogen-bond donors (Lipinski definition) is 1. The van der Waals surface area contributed by atoms with Gasteiger partial charge in [0.15, 0.2) is 0 Å². The Balaban J connectivity index is 1.84. The number of rotatable bonds is 3. The molecule has 0 aromatic heterocycles. The standard InChI is InChI=1S/C15H18OS/c16-11-3-4-13-7-9-14(10-8-13)12-17-15-5-1-2-6-15/h7-10,15-16H,1-2,5-6,11-12H2. The Morgan fingerprint density at radius 2 is 1.88 bits per heavy atom. The Hall–Kier alpha value is -0.910. The van der Waals surface area contributed by atoms with Gasteiger partial charge in [0.1, 0.15) is 6.61 Å². The Morgan fingerprint density at radius 3 is 2.53 bits per heavy atom. The van der Waals surface area contributed by atoms with Crippen LogP contribution in [0.1, 0.15) is 36.8 Å². The first-order valence-electron chi connectivity index (χ1n) is 6.19. The smallest absolute Gasteiger partial charge is 0.104 e. The summed E-state index contributed by atoms with van der Waals surface area (Å²) in [4.78, 5) is 0. The first-order chi connectivity index (χ1) is 8.38. The topological polar surface area (TPSA) is 20.2 Å². The summed E-state index contributed by atoms with van der Waals surface area (Å²) in [6.07, 6.45) is 5.61. The molecule has 1 aromatic carbocycles. The van der Waals surface area contributed by atoms with Crippen molar-refractivity contribution in [3.63, 3.8) is 0 Å². The third-order valence-electron chi connectivity index (χ3n) is 3.05. The van der Waals surface area contributed by atoms with Gasteiger partial charge in [0.05, 0.1) is 0 Å². The Labute approximate surface area is 108 Å². The third kappa shape index (κ3) is 4.11. The van der Waals surface area contributed by atoms with E-state index in [1.807, 2.05) is 12.1 Å². The van der Waals surface area contributed by atoms with Crippen molar-refractivity contribution in [3.05, 3.63) is 35.4 Å². The van der Waals surface area contributed by atoms with Crippen molar-refractivity contribution >= 4 is 11.8 Å². The van der Waals surface area contributed by atoms with Crippen LogP contribution in [-0.4, -0.2) is 17.0 Å². The van der Waals surface area contributed by atoms with Crippen molar-refractivity contribution in [1.29, 1.82) is 0 Å². The van der Waals surface area contributed by atoms with Crippen LogP contribution in [0, 0.1) is 11.8 Å². The predicted molar refractivity (Wildman–Crippen MR) is 74.0 cm³/mol. The fourth-order valence-electron chi connectivity index (χ4n) is 2.09. The lowest BCUT2D eigenvalue weighted by molar-refractivity contribution is 0.350. The molecule has 0 heterocycles. The summed E-state index contributed by atoms with van der Waals surface area (Å²) in [6, 6.07) is 8.35. The number of aliphatic hydroxyl groups excluding tert-OH is 1. The molecule has 0 aliphatic heterocycles. The minimum absolute atomic E-state index is 0.0702. The van der Waals surface area contributed by atoms with E-state index in [1.165, 1.54) is 31.2 Å². The van der Waals surface area contributed by atoms with Gasteiger partial charge in [-0.05, 0) is 30.5 Å². The average Bonchev–Trinajstić information content (AvgIpc) is 2.88. The zero-order chi connectivity index (χ0) is 11.9. The second kappa shape index (κ2) is 6.74. The normalized spacial score (nSPS) is 15.6. The maximum atomic E-state index is 8.61. The molecule has 1 saturated carbocycles. The number of thioether (sulfide) groups is 1. The van der Waals surface area contributed by atoms with Gasteiger partial charge in [0, 0.05) is 16.6 Å². The molecule has 1 aliphatic carbocycles. The van der Waals surface area contributed by atoms with Crippen LogP contribution >= 0.6 is 11.8 Å². The van der Waals surface area contributed by atoms with Crippen molar-refractivity contribution in [1.82, 2.24) is 0 Å². The summed E-state index contributed by atoms with van der Waals surface area (Å²) in [5.74, 6) is 6.68. The number of hydrogen-bond acceptors (Lipinski definition) is 2. The lowest BCUT2D eigenvalue weighted by Gasteiger charge is -2.08. The molecule has 1 nitrogen and oxygen atoms in total. The van der Waals surface area contributed by atoms with E-state index in [4.69, 9.17) is 5.11 Å².